The van der Waals surface area contributed by atoms with Crippen LogP contribution in [0.25, 0.3) is 0 Å². The Balaban J connectivity index is 1.90. The normalized spacial score (nSPS) is 12.1. The Morgan fingerprint density at radius 1 is 1.04 bits per heavy atom. The van der Waals surface area contributed by atoms with Gasteiger partial charge in [-0.15, -0.1) is 0 Å². The van der Waals surface area contributed by atoms with Crippen molar-refractivity contribution < 1.29 is 27.5 Å². The molecule has 0 fully saturated rings. The van der Waals surface area contributed by atoms with Gasteiger partial charge in [0.1, 0.15) is 5.75 Å². The van der Waals surface area contributed by atoms with E-state index in [0.717, 1.165) is 10.6 Å². The Morgan fingerprint density at radius 3 is 2.19 bits per heavy atom. The second kappa shape index (κ2) is 8.68. The lowest BCUT2D eigenvalue weighted by molar-refractivity contribution is -0.149. The van der Waals surface area contributed by atoms with Gasteiger partial charge in [0.2, 0.25) is 10.0 Å². The van der Waals surface area contributed by atoms with E-state index in [1.807, 2.05) is 6.07 Å². The molecule has 2 aromatic rings. The van der Waals surface area contributed by atoms with Crippen molar-refractivity contribution in [3.05, 3.63) is 60.2 Å². The van der Waals surface area contributed by atoms with E-state index in [1.165, 1.54) is 38.2 Å². The highest BCUT2D eigenvalue weighted by Gasteiger charge is 2.19. The molecule has 0 heterocycles. The highest BCUT2D eigenvalue weighted by Crippen LogP contribution is 2.17. The highest BCUT2D eigenvalue weighted by molar-refractivity contribution is 7.92. The van der Waals surface area contributed by atoms with E-state index < -0.39 is 34.5 Å². The fourth-order valence-electron chi connectivity index (χ4n) is 2.14. The van der Waals surface area contributed by atoms with Crippen molar-refractivity contribution in [2.75, 3.05) is 24.2 Å². The Hall–Kier alpha value is -2.87. The number of hydrogen-bond acceptors (Lipinski definition) is 6. The van der Waals surface area contributed by atoms with Gasteiger partial charge in [-0.25, -0.2) is 13.2 Å². The van der Waals surface area contributed by atoms with Crippen LogP contribution in [0, 0.1) is 0 Å². The number of sulfonamides is 1. The van der Waals surface area contributed by atoms with Gasteiger partial charge in [0.05, 0.1) is 11.9 Å². The number of anilines is 1. The number of carbonyl (C=O) groups excluding carboxylic acids is 2. The predicted molar refractivity (Wildman–Crippen MR) is 102 cm³/mol. The smallest absolute Gasteiger partial charge is 0.347 e. The molecule has 0 aromatic heterocycles. The van der Waals surface area contributed by atoms with E-state index in [9.17, 15) is 18.0 Å². The first kappa shape index (κ1) is 20.4. The summed E-state index contributed by atoms with van der Waals surface area (Å²) in [4.78, 5) is 24.1. The third-order valence-corrected chi connectivity index (χ3v) is 4.99. The summed E-state index contributed by atoms with van der Waals surface area (Å²) in [5.74, 6) is -0.525. The zero-order valence-corrected chi connectivity index (χ0v) is 16.1. The predicted octanol–water partition coefficient (Wildman–Crippen LogP) is 2.28. The zero-order chi connectivity index (χ0) is 20.0. The van der Waals surface area contributed by atoms with Crippen molar-refractivity contribution in [1.29, 1.82) is 0 Å². The standard InChI is InChI=1S/C19H21NO6S/c1-14(26-17-7-5-4-6-8-17)19(22)25-13-18(21)15-9-11-16(12-10-15)20(2)27(3,23)24/h4-12,14H,13H2,1-3H3/t14-/m1/s1. The minimum atomic E-state index is -3.38. The number of para-hydroxylation sites is 1. The van der Waals surface area contributed by atoms with Crippen molar-refractivity contribution in [3.63, 3.8) is 0 Å². The minimum Gasteiger partial charge on any atom is -0.479 e. The van der Waals surface area contributed by atoms with Crippen LogP contribution < -0.4 is 9.04 Å². The van der Waals surface area contributed by atoms with Crippen LogP contribution in [0.3, 0.4) is 0 Å². The van der Waals surface area contributed by atoms with Crippen LogP contribution >= 0.6 is 0 Å². The maximum Gasteiger partial charge on any atom is 0.347 e. The summed E-state index contributed by atoms with van der Waals surface area (Å²) in [6.07, 6.45) is 0.232. The second-order valence-electron chi connectivity index (χ2n) is 5.88. The maximum absolute atomic E-state index is 12.2. The molecule has 0 bridgehead atoms. The molecule has 0 spiro atoms. The summed E-state index contributed by atoms with van der Waals surface area (Å²) in [5, 5.41) is 0. The minimum absolute atomic E-state index is 0.310. The van der Waals surface area contributed by atoms with Gasteiger partial charge < -0.3 is 9.47 Å². The summed E-state index contributed by atoms with van der Waals surface area (Å²) in [6.45, 7) is 1.11. The van der Waals surface area contributed by atoms with Crippen molar-refractivity contribution in [2.45, 2.75) is 13.0 Å². The second-order valence-corrected chi connectivity index (χ2v) is 7.90. The van der Waals surface area contributed by atoms with Crippen LogP contribution in [-0.4, -0.2) is 46.2 Å². The average molecular weight is 391 g/mol. The molecule has 0 saturated carbocycles. The van der Waals surface area contributed by atoms with Gasteiger partial charge in [0, 0.05) is 12.6 Å². The van der Waals surface area contributed by atoms with E-state index in [0.29, 0.717) is 17.0 Å². The van der Waals surface area contributed by atoms with Crippen molar-refractivity contribution in [1.82, 2.24) is 0 Å². The van der Waals surface area contributed by atoms with Crippen LogP contribution in [0.2, 0.25) is 0 Å². The van der Waals surface area contributed by atoms with Gasteiger partial charge >= 0.3 is 5.97 Å². The van der Waals surface area contributed by atoms with Crippen LogP contribution in [0.4, 0.5) is 5.69 Å². The lowest BCUT2D eigenvalue weighted by Gasteiger charge is -2.16. The van der Waals surface area contributed by atoms with E-state index in [4.69, 9.17) is 9.47 Å². The van der Waals surface area contributed by atoms with Crippen LogP contribution in [0.1, 0.15) is 17.3 Å². The molecule has 0 aliphatic heterocycles. The number of Topliss-reactive ketones (excluding diaryl/α,β-unsaturated/α-hetero) is 1. The molecule has 0 radical (unpaired) electrons. The first-order valence-corrected chi connectivity index (χ1v) is 9.99. The van der Waals surface area contributed by atoms with Crippen LogP contribution in [0.5, 0.6) is 5.75 Å². The molecular formula is C19H21NO6S. The molecular weight excluding hydrogens is 370 g/mol. The SMILES string of the molecule is C[C@@H](Oc1ccccc1)C(=O)OCC(=O)c1ccc(N(C)S(C)(=O)=O)cc1. The molecule has 0 aliphatic rings. The molecule has 0 aliphatic carbocycles. The first-order chi connectivity index (χ1) is 12.7. The van der Waals surface area contributed by atoms with Gasteiger partial charge in [0.25, 0.3) is 0 Å². The maximum atomic E-state index is 12.2. The number of rotatable bonds is 8. The van der Waals surface area contributed by atoms with Crippen molar-refractivity contribution in [3.8, 4) is 5.75 Å². The van der Waals surface area contributed by atoms with Gasteiger partial charge in [-0.05, 0) is 43.3 Å². The monoisotopic (exact) mass is 391 g/mol. The number of hydrogen-bond donors (Lipinski definition) is 0. The van der Waals surface area contributed by atoms with Gasteiger partial charge in [-0.2, -0.15) is 0 Å². The molecule has 27 heavy (non-hydrogen) atoms. The molecule has 144 valence electrons. The van der Waals surface area contributed by atoms with Crippen LogP contribution in [-0.2, 0) is 19.6 Å². The highest BCUT2D eigenvalue weighted by atomic mass is 32.2. The average Bonchev–Trinajstić information content (AvgIpc) is 2.65. The van der Waals surface area contributed by atoms with E-state index >= 15 is 0 Å². The van der Waals surface area contributed by atoms with E-state index in [2.05, 4.69) is 0 Å². The molecule has 7 nitrogen and oxygen atoms in total. The molecule has 2 rings (SSSR count). The van der Waals surface area contributed by atoms with Gasteiger partial charge in [0.15, 0.2) is 18.5 Å². The Bertz CT molecular complexity index is 894. The van der Waals surface area contributed by atoms with E-state index in [-0.39, 0.29) is 0 Å². The Labute approximate surface area is 158 Å². The van der Waals surface area contributed by atoms with E-state index in [1.54, 1.807) is 24.3 Å². The molecule has 0 saturated heterocycles. The largest absolute Gasteiger partial charge is 0.479 e. The number of ketones is 1. The number of carbonyl (C=O) groups is 2. The number of nitrogens with zero attached hydrogens (tertiary/aromatic N) is 1. The summed E-state index contributed by atoms with van der Waals surface area (Å²) >= 11 is 0. The van der Waals surface area contributed by atoms with Crippen molar-refractivity contribution >= 4 is 27.5 Å². The molecule has 1 atom stereocenters. The summed E-state index contributed by atoms with van der Waals surface area (Å²) in [5.41, 5.74) is 0.737. The fraction of sp³-hybridized carbons (Fsp3) is 0.263. The molecule has 8 heteroatoms. The quantitative estimate of drug-likeness (QED) is 0.507. The number of benzene rings is 2. The zero-order valence-electron chi connectivity index (χ0n) is 15.3. The lowest BCUT2D eigenvalue weighted by atomic mass is 10.1. The molecule has 0 amide bonds. The molecule has 0 N–H and O–H groups in total. The van der Waals surface area contributed by atoms with Crippen molar-refractivity contribution in [2.24, 2.45) is 0 Å². The summed E-state index contributed by atoms with van der Waals surface area (Å²) in [6, 6.07) is 14.8. The third-order valence-electron chi connectivity index (χ3n) is 3.78. The third kappa shape index (κ3) is 5.82. The molecule has 2 aromatic carbocycles. The summed E-state index contributed by atoms with van der Waals surface area (Å²) in [7, 11) is -1.96. The number of ether oxygens (including phenoxy) is 2. The van der Waals surface area contributed by atoms with Gasteiger partial charge in [-0.3, -0.25) is 9.10 Å². The van der Waals surface area contributed by atoms with Gasteiger partial charge in [-0.1, -0.05) is 18.2 Å². The Morgan fingerprint density at radius 2 is 1.63 bits per heavy atom. The fourth-order valence-corrected chi connectivity index (χ4v) is 2.64. The summed E-state index contributed by atoms with van der Waals surface area (Å²) < 4.78 is 34.6. The molecule has 0 unspecified atom stereocenters. The lowest BCUT2D eigenvalue weighted by Crippen LogP contribution is -2.28. The Kier molecular flexibility index (Phi) is 6.57. The first-order valence-electron chi connectivity index (χ1n) is 8.14. The number of esters is 1. The topological polar surface area (TPSA) is 90.0 Å². The van der Waals surface area contributed by atoms with Crippen LogP contribution in [0.15, 0.2) is 54.6 Å².